The van der Waals surface area contributed by atoms with Gasteiger partial charge in [-0.15, -0.1) is 21.5 Å². The van der Waals surface area contributed by atoms with Crippen molar-refractivity contribution in [1.82, 2.24) is 20.5 Å². The SMILES string of the molecule is Cc1nnc(-c2ccc(C(=O)N(c3nccc4scc(C)c34)[C@@H]3CCCNC3)c(F)c2)o1. The Morgan fingerprint density at radius 3 is 2.88 bits per heavy atom. The van der Waals surface area contributed by atoms with E-state index in [2.05, 4.69) is 25.9 Å². The molecule has 1 atom stereocenters. The Kier molecular flexibility index (Phi) is 5.44. The normalized spacial score (nSPS) is 16.4. The van der Waals surface area contributed by atoms with E-state index in [-0.39, 0.29) is 17.5 Å². The molecular formula is C23H22FN5O2S. The first kappa shape index (κ1) is 20.7. The molecule has 1 saturated heterocycles. The van der Waals surface area contributed by atoms with Crippen LogP contribution in [0.25, 0.3) is 21.5 Å². The number of hydrogen-bond acceptors (Lipinski definition) is 7. The van der Waals surface area contributed by atoms with E-state index in [1.54, 1.807) is 35.4 Å². The highest BCUT2D eigenvalue weighted by Crippen LogP contribution is 2.35. The number of benzene rings is 1. The van der Waals surface area contributed by atoms with E-state index in [1.165, 1.54) is 12.1 Å². The Bertz CT molecular complexity index is 1290. The topological polar surface area (TPSA) is 84.2 Å². The van der Waals surface area contributed by atoms with Crippen LogP contribution in [0.15, 0.2) is 40.3 Å². The number of thiophene rings is 1. The Labute approximate surface area is 188 Å². The number of pyridine rings is 1. The summed E-state index contributed by atoms with van der Waals surface area (Å²) in [5.41, 5.74) is 1.47. The molecule has 32 heavy (non-hydrogen) atoms. The van der Waals surface area contributed by atoms with Gasteiger partial charge in [-0.2, -0.15) is 0 Å². The molecule has 1 aromatic carbocycles. The molecule has 4 heterocycles. The van der Waals surface area contributed by atoms with Crippen LogP contribution in [0, 0.1) is 19.7 Å². The smallest absolute Gasteiger partial charge is 0.262 e. The highest BCUT2D eigenvalue weighted by Gasteiger charge is 2.32. The zero-order valence-electron chi connectivity index (χ0n) is 17.8. The lowest BCUT2D eigenvalue weighted by atomic mass is 10.0. The van der Waals surface area contributed by atoms with Crippen LogP contribution < -0.4 is 10.2 Å². The number of carbonyl (C=O) groups excluding carboxylic acids is 1. The molecule has 0 radical (unpaired) electrons. The molecule has 0 unspecified atom stereocenters. The number of rotatable bonds is 4. The minimum absolute atomic E-state index is 0.0118. The Morgan fingerprint density at radius 1 is 1.28 bits per heavy atom. The number of nitrogens with one attached hydrogen (secondary N) is 1. The van der Waals surface area contributed by atoms with Gasteiger partial charge in [0.05, 0.1) is 11.6 Å². The minimum atomic E-state index is -0.633. The number of aromatic nitrogens is 3. The summed E-state index contributed by atoms with van der Waals surface area (Å²) in [6.45, 7) is 5.21. The van der Waals surface area contributed by atoms with Crippen LogP contribution in [0.2, 0.25) is 0 Å². The van der Waals surface area contributed by atoms with Crippen molar-refractivity contribution in [2.75, 3.05) is 18.0 Å². The standard InChI is InChI=1S/C23H22FN5O2S/c1-13-12-32-19-7-9-26-21(20(13)19)29(16-4-3-8-25-11-16)23(30)17-6-5-15(10-18(17)24)22-28-27-14(2)31-22/h5-7,9-10,12,16,25H,3-4,8,11H2,1-2H3/t16-/m1/s1. The van der Waals surface area contributed by atoms with E-state index in [0.29, 0.717) is 23.8 Å². The summed E-state index contributed by atoms with van der Waals surface area (Å²) in [4.78, 5) is 20.0. The molecule has 5 rings (SSSR count). The van der Waals surface area contributed by atoms with E-state index >= 15 is 4.39 Å². The average Bonchev–Trinajstić information content (AvgIpc) is 3.41. The van der Waals surface area contributed by atoms with Gasteiger partial charge in [0.1, 0.15) is 11.6 Å². The first-order valence-electron chi connectivity index (χ1n) is 10.5. The number of nitrogens with zero attached hydrogens (tertiary/aromatic N) is 4. The molecule has 1 aliphatic rings. The lowest BCUT2D eigenvalue weighted by Crippen LogP contribution is -2.49. The van der Waals surface area contributed by atoms with Crippen molar-refractivity contribution in [2.24, 2.45) is 0 Å². The number of amides is 1. The van der Waals surface area contributed by atoms with Crippen molar-refractivity contribution in [1.29, 1.82) is 0 Å². The van der Waals surface area contributed by atoms with Crippen molar-refractivity contribution in [3.63, 3.8) is 0 Å². The first-order chi connectivity index (χ1) is 15.5. The molecule has 0 spiro atoms. The van der Waals surface area contributed by atoms with Crippen LogP contribution in [0.5, 0.6) is 0 Å². The van der Waals surface area contributed by atoms with E-state index in [1.807, 2.05) is 13.0 Å². The number of carbonyl (C=O) groups is 1. The maximum absolute atomic E-state index is 15.2. The van der Waals surface area contributed by atoms with Gasteiger partial charge >= 0.3 is 0 Å². The van der Waals surface area contributed by atoms with Crippen LogP contribution in [-0.2, 0) is 0 Å². The molecule has 7 nitrogen and oxygen atoms in total. The van der Waals surface area contributed by atoms with E-state index in [0.717, 1.165) is 35.0 Å². The van der Waals surface area contributed by atoms with E-state index in [9.17, 15) is 4.79 Å². The van der Waals surface area contributed by atoms with Gasteiger partial charge < -0.3 is 9.73 Å². The van der Waals surface area contributed by atoms with Crippen LogP contribution in [-0.4, -0.2) is 40.2 Å². The summed E-state index contributed by atoms with van der Waals surface area (Å²) in [6, 6.07) is 6.20. The average molecular weight is 452 g/mol. The Morgan fingerprint density at radius 2 is 2.16 bits per heavy atom. The number of fused-ring (bicyclic) bond motifs is 1. The third kappa shape index (κ3) is 3.67. The maximum Gasteiger partial charge on any atom is 0.262 e. The fourth-order valence-electron chi connectivity index (χ4n) is 4.15. The summed E-state index contributed by atoms with van der Waals surface area (Å²) < 4.78 is 21.6. The predicted octanol–water partition coefficient (Wildman–Crippen LogP) is 4.50. The van der Waals surface area contributed by atoms with Crippen LogP contribution >= 0.6 is 11.3 Å². The lowest BCUT2D eigenvalue weighted by Gasteiger charge is -2.34. The van der Waals surface area contributed by atoms with Gasteiger partial charge in [-0.25, -0.2) is 9.37 Å². The summed E-state index contributed by atoms with van der Waals surface area (Å²) in [6.07, 6.45) is 3.47. The lowest BCUT2D eigenvalue weighted by molar-refractivity contribution is 0.0968. The third-order valence-electron chi connectivity index (χ3n) is 5.71. The Balaban J connectivity index is 1.59. The quantitative estimate of drug-likeness (QED) is 0.492. The minimum Gasteiger partial charge on any atom is -0.421 e. The van der Waals surface area contributed by atoms with Crippen molar-refractivity contribution in [2.45, 2.75) is 32.7 Å². The van der Waals surface area contributed by atoms with Crippen molar-refractivity contribution in [3.05, 3.63) is 58.7 Å². The van der Waals surface area contributed by atoms with Gasteiger partial charge in [0.15, 0.2) is 0 Å². The highest BCUT2D eigenvalue weighted by atomic mass is 32.1. The zero-order chi connectivity index (χ0) is 22.2. The van der Waals surface area contributed by atoms with Gasteiger partial charge in [0, 0.05) is 35.3 Å². The molecule has 0 aliphatic carbocycles. The molecule has 9 heteroatoms. The van der Waals surface area contributed by atoms with E-state index < -0.39 is 11.7 Å². The molecule has 1 N–H and O–H groups in total. The zero-order valence-corrected chi connectivity index (χ0v) is 18.6. The number of piperidine rings is 1. The second-order valence-electron chi connectivity index (χ2n) is 7.92. The maximum atomic E-state index is 15.2. The van der Waals surface area contributed by atoms with Crippen LogP contribution in [0.1, 0.15) is 34.7 Å². The first-order valence-corrected chi connectivity index (χ1v) is 11.4. The van der Waals surface area contributed by atoms with Gasteiger partial charge in [0.2, 0.25) is 11.8 Å². The molecule has 164 valence electrons. The van der Waals surface area contributed by atoms with Gasteiger partial charge in [-0.1, -0.05) is 0 Å². The summed E-state index contributed by atoms with van der Waals surface area (Å²) >= 11 is 1.61. The number of aryl methyl sites for hydroxylation is 2. The van der Waals surface area contributed by atoms with Crippen molar-refractivity contribution < 1.29 is 13.6 Å². The third-order valence-corrected chi connectivity index (χ3v) is 6.77. The second-order valence-corrected chi connectivity index (χ2v) is 8.83. The monoisotopic (exact) mass is 451 g/mol. The molecule has 4 aromatic rings. The summed E-state index contributed by atoms with van der Waals surface area (Å²) in [5, 5.41) is 14.1. The van der Waals surface area contributed by atoms with Gasteiger partial charge in [0.25, 0.3) is 5.91 Å². The van der Waals surface area contributed by atoms with Gasteiger partial charge in [-0.3, -0.25) is 9.69 Å². The van der Waals surface area contributed by atoms with E-state index in [4.69, 9.17) is 4.42 Å². The highest BCUT2D eigenvalue weighted by molar-refractivity contribution is 7.17. The molecule has 1 aliphatic heterocycles. The summed E-state index contributed by atoms with van der Waals surface area (Å²) in [7, 11) is 0. The van der Waals surface area contributed by atoms with Crippen molar-refractivity contribution in [3.8, 4) is 11.5 Å². The Hall–Kier alpha value is -3.17. The fraction of sp³-hybridized carbons (Fsp3) is 0.304. The molecule has 0 saturated carbocycles. The number of anilines is 1. The fourth-order valence-corrected chi connectivity index (χ4v) is 5.08. The number of halogens is 1. The predicted molar refractivity (Wildman–Crippen MR) is 121 cm³/mol. The molecule has 3 aromatic heterocycles. The molecule has 1 fully saturated rings. The largest absolute Gasteiger partial charge is 0.421 e. The van der Waals surface area contributed by atoms with Crippen LogP contribution in [0.3, 0.4) is 0 Å². The molecule has 1 amide bonds. The molecular weight excluding hydrogens is 429 g/mol. The second kappa shape index (κ2) is 8.40. The number of hydrogen-bond donors (Lipinski definition) is 1. The molecule has 0 bridgehead atoms. The van der Waals surface area contributed by atoms with Crippen molar-refractivity contribution >= 4 is 33.1 Å². The summed E-state index contributed by atoms with van der Waals surface area (Å²) in [5.74, 6) is 0.147. The van der Waals surface area contributed by atoms with Gasteiger partial charge in [-0.05, 0) is 61.5 Å². The van der Waals surface area contributed by atoms with Crippen LogP contribution in [0.4, 0.5) is 10.2 Å².